The highest BCUT2D eigenvalue weighted by atomic mass is 79.9. The second-order valence-electron chi connectivity index (χ2n) is 3.78. The van der Waals surface area contributed by atoms with Crippen molar-refractivity contribution < 1.29 is 9.47 Å². The fraction of sp³-hybridized carbons (Fsp3) is 0.143. The number of rotatable bonds is 4. The van der Waals surface area contributed by atoms with E-state index in [0.29, 0.717) is 23.7 Å². The van der Waals surface area contributed by atoms with Gasteiger partial charge in [0.1, 0.15) is 6.61 Å². The van der Waals surface area contributed by atoms with Crippen LogP contribution in [0, 0.1) is 11.3 Å². The summed E-state index contributed by atoms with van der Waals surface area (Å²) in [6.45, 7) is 0.384. The van der Waals surface area contributed by atoms with Crippen molar-refractivity contribution in [1.82, 2.24) is 4.98 Å². The van der Waals surface area contributed by atoms with Crippen LogP contribution >= 0.6 is 15.9 Å². The molecule has 96 valence electrons. The lowest BCUT2D eigenvalue weighted by Crippen LogP contribution is -1.98. The van der Waals surface area contributed by atoms with Crippen LogP contribution in [0.25, 0.3) is 0 Å². The quantitative estimate of drug-likeness (QED) is 0.867. The zero-order valence-electron chi connectivity index (χ0n) is 10.3. The third-order valence-electron chi connectivity index (χ3n) is 2.45. The molecule has 2 rings (SSSR count). The van der Waals surface area contributed by atoms with Crippen LogP contribution in [-0.2, 0) is 6.61 Å². The summed E-state index contributed by atoms with van der Waals surface area (Å²) in [7, 11) is 1.55. The third-order valence-corrected chi connectivity index (χ3v) is 2.88. The number of hydrogen-bond donors (Lipinski definition) is 0. The van der Waals surface area contributed by atoms with Crippen molar-refractivity contribution in [1.29, 1.82) is 5.26 Å². The average molecular weight is 319 g/mol. The highest BCUT2D eigenvalue weighted by Crippen LogP contribution is 2.28. The fourth-order valence-electron chi connectivity index (χ4n) is 1.55. The van der Waals surface area contributed by atoms with E-state index in [9.17, 15) is 0 Å². The van der Waals surface area contributed by atoms with Crippen LogP contribution in [0.3, 0.4) is 0 Å². The molecule has 0 amide bonds. The number of halogens is 1. The Morgan fingerprint density at radius 3 is 2.79 bits per heavy atom. The predicted octanol–water partition coefficient (Wildman–Crippen LogP) is 3.30. The molecule has 0 atom stereocenters. The van der Waals surface area contributed by atoms with Crippen molar-refractivity contribution in [3.8, 4) is 17.6 Å². The van der Waals surface area contributed by atoms with E-state index >= 15 is 0 Å². The van der Waals surface area contributed by atoms with E-state index in [4.69, 9.17) is 14.7 Å². The molecule has 0 N–H and O–H groups in total. The summed E-state index contributed by atoms with van der Waals surface area (Å²) in [6.07, 6.45) is 3.45. The van der Waals surface area contributed by atoms with Gasteiger partial charge in [0.25, 0.3) is 0 Å². The number of aromatic nitrogens is 1. The van der Waals surface area contributed by atoms with E-state index in [2.05, 4.69) is 27.0 Å². The molecule has 0 unspecified atom stereocenters. The first kappa shape index (κ1) is 13.4. The summed E-state index contributed by atoms with van der Waals surface area (Å²) in [5, 5.41) is 8.83. The minimum atomic E-state index is 0.384. The van der Waals surface area contributed by atoms with Gasteiger partial charge in [-0.3, -0.25) is 4.98 Å². The SMILES string of the molecule is COc1cc(C#N)ccc1OCc1cncc(Br)c1. The molecule has 0 spiro atoms. The molecule has 0 bridgehead atoms. The molecule has 0 fully saturated rings. The summed E-state index contributed by atoms with van der Waals surface area (Å²) < 4.78 is 11.8. The number of nitrogens with zero attached hydrogens (tertiary/aromatic N) is 2. The minimum absolute atomic E-state index is 0.384. The smallest absolute Gasteiger partial charge is 0.162 e. The number of benzene rings is 1. The lowest BCUT2D eigenvalue weighted by atomic mass is 10.2. The first-order valence-corrected chi connectivity index (χ1v) is 6.32. The molecule has 0 radical (unpaired) electrons. The second kappa shape index (κ2) is 6.21. The third kappa shape index (κ3) is 3.46. The molecule has 19 heavy (non-hydrogen) atoms. The molecule has 0 aliphatic heterocycles. The monoisotopic (exact) mass is 318 g/mol. The second-order valence-corrected chi connectivity index (χ2v) is 4.69. The van der Waals surface area contributed by atoms with Gasteiger partial charge in [-0.2, -0.15) is 5.26 Å². The maximum absolute atomic E-state index is 8.83. The van der Waals surface area contributed by atoms with Crippen LogP contribution in [0.4, 0.5) is 0 Å². The molecule has 4 nitrogen and oxygen atoms in total. The lowest BCUT2D eigenvalue weighted by molar-refractivity contribution is 0.284. The molecule has 5 heteroatoms. The van der Waals surface area contributed by atoms with Crippen LogP contribution in [0.1, 0.15) is 11.1 Å². The largest absolute Gasteiger partial charge is 0.493 e. The van der Waals surface area contributed by atoms with E-state index in [0.717, 1.165) is 10.0 Å². The Kier molecular flexibility index (Phi) is 4.37. The van der Waals surface area contributed by atoms with Crippen LogP contribution < -0.4 is 9.47 Å². The van der Waals surface area contributed by atoms with Gasteiger partial charge in [-0.05, 0) is 34.1 Å². The lowest BCUT2D eigenvalue weighted by Gasteiger charge is -2.10. The zero-order chi connectivity index (χ0) is 13.7. The number of ether oxygens (including phenoxy) is 2. The Labute approximate surface area is 119 Å². The highest BCUT2D eigenvalue weighted by molar-refractivity contribution is 9.10. The van der Waals surface area contributed by atoms with Gasteiger partial charge in [-0.25, -0.2) is 0 Å². The normalized spacial score (nSPS) is 9.74. The van der Waals surface area contributed by atoms with E-state index in [1.807, 2.05) is 6.07 Å². The van der Waals surface area contributed by atoms with E-state index < -0.39 is 0 Å². The first-order chi connectivity index (χ1) is 9.22. The molecular weight excluding hydrogens is 308 g/mol. The van der Waals surface area contributed by atoms with Crippen LogP contribution in [-0.4, -0.2) is 12.1 Å². The van der Waals surface area contributed by atoms with Gasteiger partial charge in [0.2, 0.25) is 0 Å². The number of hydrogen-bond acceptors (Lipinski definition) is 4. The zero-order valence-corrected chi connectivity index (χ0v) is 11.8. The molecule has 0 aliphatic rings. The van der Waals surface area contributed by atoms with E-state index in [-0.39, 0.29) is 0 Å². The Bertz CT molecular complexity index is 623. The molecule has 1 heterocycles. The van der Waals surface area contributed by atoms with Gasteiger partial charge in [0, 0.05) is 28.5 Å². The fourth-order valence-corrected chi connectivity index (χ4v) is 1.96. The van der Waals surface area contributed by atoms with Gasteiger partial charge in [0.05, 0.1) is 18.7 Å². The van der Waals surface area contributed by atoms with Gasteiger partial charge in [-0.1, -0.05) is 0 Å². The maximum Gasteiger partial charge on any atom is 0.162 e. The van der Waals surface area contributed by atoms with Gasteiger partial charge in [0.15, 0.2) is 11.5 Å². The summed E-state index contributed by atoms with van der Waals surface area (Å²) in [5.74, 6) is 1.14. The van der Waals surface area contributed by atoms with Crippen LogP contribution in [0.5, 0.6) is 11.5 Å². The maximum atomic E-state index is 8.83. The van der Waals surface area contributed by atoms with E-state index in [1.165, 1.54) is 0 Å². The first-order valence-electron chi connectivity index (χ1n) is 5.53. The predicted molar refractivity (Wildman–Crippen MR) is 74.0 cm³/mol. The van der Waals surface area contributed by atoms with Crippen molar-refractivity contribution in [2.24, 2.45) is 0 Å². The molecule has 2 aromatic rings. The molecular formula is C14H11BrN2O2. The molecule has 0 saturated heterocycles. The number of nitriles is 1. The van der Waals surface area contributed by atoms with Crippen molar-refractivity contribution in [2.75, 3.05) is 7.11 Å². The van der Waals surface area contributed by atoms with Gasteiger partial charge < -0.3 is 9.47 Å². The molecule has 0 aliphatic carbocycles. The van der Waals surface area contributed by atoms with E-state index in [1.54, 1.807) is 37.7 Å². The van der Waals surface area contributed by atoms with Crippen molar-refractivity contribution >= 4 is 15.9 Å². The Balaban J connectivity index is 2.13. The van der Waals surface area contributed by atoms with Crippen molar-refractivity contribution in [2.45, 2.75) is 6.61 Å². The molecule has 1 aromatic carbocycles. The van der Waals surface area contributed by atoms with Crippen molar-refractivity contribution in [3.05, 3.63) is 52.3 Å². The average Bonchev–Trinajstić information content (AvgIpc) is 2.45. The summed E-state index contributed by atoms with van der Waals surface area (Å²) >= 11 is 3.36. The van der Waals surface area contributed by atoms with Gasteiger partial charge in [-0.15, -0.1) is 0 Å². The minimum Gasteiger partial charge on any atom is -0.493 e. The standard InChI is InChI=1S/C14H11BrN2O2/c1-18-14-5-10(6-16)2-3-13(14)19-9-11-4-12(15)8-17-7-11/h2-5,7-8H,9H2,1H3. The highest BCUT2D eigenvalue weighted by Gasteiger charge is 2.06. The Hall–Kier alpha value is -2.06. The van der Waals surface area contributed by atoms with Crippen LogP contribution in [0.15, 0.2) is 41.1 Å². The Morgan fingerprint density at radius 1 is 1.26 bits per heavy atom. The number of pyridine rings is 1. The molecule has 0 saturated carbocycles. The summed E-state index contributed by atoms with van der Waals surface area (Å²) in [6, 6.07) is 9.06. The topological polar surface area (TPSA) is 55.1 Å². The Morgan fingerprint density at radius 2 is 2.11 bits per heavy atom. The van der Waals surface area contributed by atoms with Gasteiger partial charge >= 0.3 is 0 Å². The number of methoxy groups -OCH3 is 1. The van der Waals surface area contributed by atoms with Crippen molar-refractivity contribution in [3.63, 3.8) is 0 Å². The summed E-state index contributed by atoms with van der Waals surface area (Å²) in [4.78, 5) is 4.07. The molecule has 1 aromatic heterocycles. The van der Waals surface area contributed by atoms with Crippen LogP contribution in [0.2, 0.25) is 0 Å². The summed E-state index contributed by atoms with van der Waals surface area (Å²) in [5.41, 5.74) is 1.48.